The van der Waals surface area contributed by atoms with E-state index in [1.165, 1.54) is 43.6 Å². The molecule has 0 radical (unpaired) electrons. The first-order valence-corrected chi connectivity index (χ1v) is 11.5. The molecule has 0 aliphatic rings. The fraction of sp³-hybridized carbons (Fsp3) is 0.111. The average Bonchev–Trinajstić information content (AvgIpc) is 3.14. The Kier molecular flexibility index (Phi) is 5.92. The van der Waals surface area contributed by atoms with Crippen molar-refractivity contribution in [1.29, 1.82) is 0 Å². The summed E-state index contributed by atoms with van der Waals surface area (Å²) < 4.78 is 58.6. The zero-order valence-corrected chi connectivity index (χ0v) is 17.5. The molecule has 0 saturated carbocycles. The molecule has 3 N–H and O–H groups in total. The molecule has 0 spiro atoms. The quantitative estimate of drug-likeness (QED) is 0.498. The molecule has 1 heterocycles. The van der Waals surface area contributed by atoms with Crippen molar-refractivity contribution in [3.05, 3.63) is 66.1 Å². The lowest BCUT2D eigenvalue weighted by molar-refractivity contribution is 0.102. The number of anilines is 2. The third-order valence-electron chi connectivity index (χ3n) is 4.06. The summed E-state index contributed by atoms with van der Waals surface area (Å²) in [5.74, 6) is -0.112. The molecule has 3 aromatic rings. The van der Waals surface area contributed by atoms with Gasteiger partial charge in [0.2, 0.25) is 10.0 Å². The number of aromatic nitrogens is 1. The largest absolute Gasteiger partial charge is 0.361 e. The Balaban J connectivity index is 1.83. The Labute approximate surface area is 173 Å². The van der Waals surface area contributed by atoms with Gasteiger partial charge in [-0.3, -0.25) is 9.52 Å². The van der Waals surface area contributed by atoms with Crippen LogP contribution in [0.25, 0.3) is 0 Å². The molecule has 158 valence electrons. The van der Waals surface area contributed by atoms with E-state index in [2.05, 4.69) is 19.9 Å². The van der Waals surface area contributed by atoms with E-state index in [0.717, 1.165) is 6.07 Å². The molecular weight excluding hydrogens is 432 g/mol. The van der Waals surface area contributed by atoms with Gasteiger partial charge in [0.25, 0.3) is 15.9 Å². The summed E-state index contributed by atoms with van der Waals surface area (Å²) in [5.41, 5.74) is 0.771. The molecular formula is C18H18N4O6S2. The van der Waals surface area contributed by atoms with Crippen molar-refractivity contribution in [2.24, 2.45) is 0 Å². The molecule has 12 heteroatoms. The zero-order valence-electron chi connectivity index (χ0n) is 15.9. The minimum atomic E-state index is -4.08. The van der Waals surface area contributed by atoms with Gasteiger partial charge >= 0.3 is 0 Å². The maximum atomic E-state index is 12.7. The number of nitrogens with zero attached hydrogens (tertiary/aromatic N) is 1. The van der Waals surface area contributed by atoms with Gasteiger partial charge in [0.1, 0.15) is 11.3 Å². The minimum absolute atomic E-state index is 0.178. The average molecular weight is 450 g/mol. The molecule has 0 aliphatic carbocycles. The first-order valence-electron chi connectivity index (χ1n) is 8.51. The standard InChI is InChI=1S/C18H18N4O6S2/c1-12-17(11-20-28-12)18(23)21-13-5-3-6-14(9-13)22-30(26,27)16-8-4-7-15(10-16)29(24,25)19-2/h3-11,19,22H,1-2H3,(H,21,23). The van der Waals surface area contributed by atoms with Crippen LogP contribution in [0.3, 0.4) is 0 Å². The third kappa shape index (κ3) is 4.67. The summed E-state index contributed by atoms with van der Waals surface area (Å²) in [7, 11) is -6.65. The molecule has 30 heavy (non-hydrogen) atoms. The predicted molar refractivity (Wildman–Crippen MR) is 109 cm³/mol. The Morgan fingerprint density at radius 3 is 2.20 bits per heavy atom. The van der Waals surface area contributed by atoms with Crippen LogP contribution in [-0.4, -0.2) is 34.9 Å². The van der Waals surface area contributed by atoms with Gasteiger partial charge in [0, 0.05) is 5.69 Å². The first-order chi connectivity index (χ1) is 14.1. The molecule has 3 rings (SSSR count). The molecule has 0 atom stereocenters. The number of hydrogen-bond donors (Lipinski definition) is 3. The fourth-order valence-corrected chi connectivity index (χ4v) is 4.46. The molecule has 1 aromatic heterocycles. The van der Waals surface area contributed by atoms with Crippen LogP contribution in [-0.2, 0) is 20.0 Å². The zero-order chi connectivity index (χ0) is 21.9. The summed E-state index contributed by atoms with van der Waals surface area (Å²) >= 11 is 0. The number of carbonyl (C=O) groups excluding carboxylic acids is 1. The van der Waals surface area contributed by atoms with Crippen LogP contribution in [0.5, 0.6) is 0 Å². The van der Waals surface area contributed by atoms with Gasteiger partial charge in [-0.2, -0.15) is 0 Å². The van der Waals surface area contributed by atoms with Gasteiger partial charge in [-0.15, -0.1) is 0 Å². The fourth-order valence-electron chi connectivity index (χ4n) is 2.52. The van der Waals surface area contributed by atoms with E-state index in [-0.39, 0.29) is 21.0 Å². The number of sulfonamides is 2. The van der Waals surface area contributed by atoms with E-state index < -0.39 is 26.0 Å². The van der Waals surface area contributed by atoms with Gasteiger partial charge in [-0.1, -0.05) is 17.3 Å². The van der Waals surface area contributed by atoms with Gasteiger partial charge in [0.05, 0.1) is 21.7 Å². The van der Waals surface area contributed by atoms with Crippen LogP contribution < -0.4 is 14.8 Å². The highest BCUT2D eigenvalue weighted by atomic mass is 32.2. The van der Waals surface area contributed by atoms with E-state index >= 15 is 0 Å². The minimum Gasteiger partial charge on any atom is -0.361 e. The van der Waals surface area contributed by atoms with E-state index in [9.17, 15) is 21.6 Å². The van der Waals surface area contributed by atoms with Crippen molar-refractivity contribution >= 4 is 37.3 Å². The third-order valence-corrected chi connectivity index (χ3v) is 6.85. The van der Waals surface area contributed by atoms with Crippen molar-refractivity contribution in [2.45, 2.75) is 16.7 Å². The number of amides is 1. The van der Waals surface area contributed by atoms with Crippen molar-refractivity contribution in [3.63, 3.8) is 0 Å². The Morgan fingerprint density at radius 2 is 1.57 bits per heavy atom. The first kappa shape index (κ1) is 21.5. The molecule has 2 aromatic carbocycles. The highest BCUT2D eigenvalue weighted by Crippen LogP contribution is 2.22. The van der Waals surface area contributed by atoms with Crippen LogP contribution >= 0.6 is 0 Å². The van der Waals surface area contributed by atoms with Crippen molar-refractivity contribution in [3.8, 4) is 0 Å². The van der Waals surface area contributed by atoms with Crippen LogP contribution in [0, 0.1) is 6.92 Å². The SMILES string of the molecule is CNS(=O)(=O)c1cccc(S(=O)(=O)Nc2cccc(NC(=O)c3cnoc3C)c2)c1. The lowest BCUT2D eigenvalue weighted by atomic mass is 10.2. The van der Waals surface area contributed by atoms with Gasteiger partial charge < -0.3 is 9.84 Å². The highest BCUT2D eigenvalue weighted by molar-refractivity contribution is 7.93. The Bertz CT molecular complexity index is 1300. The lowest BCUT2D eigenvalue weighted by Gasteiger charge is -2.11. The second-order valence-corrected chi connectivity index (χ2v) is 9.69. The smallest absolute Gasteiger partial charge is 0.261 e. The number of nitrogens with one attached hydrogen (secondary N) is 3. The van der Waals surface area contributed by atoms with E-state index in [1.807, 2.05) is 0 Å². The summed E-state index contributed by atoms with van der Waals surface area (Å²) in [6.45, 7) is 1.59. The number of benzene rings is 2. The van der Waals surface area contributed by atoms with Gasteiger partial charge in [0.15, 0.2) is 0 Å². The summed E-state index contributed by atoms with van der Waals surface area (Å²) in [4.78, 5) is 11.9. The number of hydrogen-bond acceptors (Lipinski definition) is 7. The van der Waals surface area contributed by atoms with Crippen LogP contribution in [0.15, 0.2) is 69.0 Å². The number of carbonyl (C=O) groups is 1. The molecule has 1 amide bonds. The summed E-state index contributed by atoms with van der Waals surface area (Å²) in [6.07, 6.45) is 1.28. The highest BCUT2D eigenvalue weighted by Gasteiger charge is 2.19. The van der Waals surface area contributed by atoms with Crippen molar-refractivity contribution in [2.75, 3.05) is 17.1 Å². The molecule has 0 bridgehead atoms. The molecule has 0 unspecified atom stereocenters. The Morgan fingerprint density at radius 1 is 0.933 bits per heavy atom. The van der Waals surface area contributed by atoms with E-state index in [0.29, 0.717) is 11.4 Å². The summed E-state index contributed by atoms with van der Waals surface area (Å²) in [5, 5.41) is 6.17. The van der Waals surface area contributed by atoms with Crippen LogP contribution in [0.1, 0.15) is 16.1 Å². The maximum absolute atomic E-state index is 12.7. The molecule has 0 aliphatic heterocycles. The number of rotatable bonds is 7. The van der Waals surface area contributed by atoms with Crippen LogP contribution in [0.2, 0.25) is 0 Å². The number of aryl methyl sites for hydroxylation is 1. The topological polar surface area (TPSA) is 147 Å². The van der Waals surface area contributed by atoms with Crippen molar-refractivity contribution < 1.29 is 26.2 Å². The predicted octanol–water partition coefficient (Wildman–Crippen LogP) is 1.94. The second-order valence-electron chi connectivity index (χ2n) is 6.12. The monoisotopic (exact) mass is 450 g/mol. The molecule has 10 nitrogen and oxygen atoms in total. The normalized spacial score (nSPS) is 11.8. The summed E-state index contributed by atoms with van der Waals surface area (Å²) in [6, 6.07) is 11.0. The van der Waals surface area contributed by atoms with E-state index in [1.54, 1.807) is 19.1 Å². The second kappa shape index (κ2) is 8.26. The van der Waals surface area contributed by atoms with Gasteiger partial charge in [-0.25, -0.2) is 21.6 Å². The Hall–Kier alpha value is -3.22. The maximum Gasteiger partial charge on any atom is 0.261 e. The molecule has 0 saturated heterocycles. The van der Waals surface area contributed by atoms with Crippen LogP contribution in [0.4, 0.5) is 11.4 Å². The van der Waals surface area contributed by atoms with Gasteiger partial charge in [-0.05, 0) is 50.4 Å². The van der Waals surface area contributed by atoms with Crippen molar-refractivity contribution in [1.82, 2.24) is 9.88 Å². The van der Waals surface area contributed by atoms with E-state index in [4.69, 9.17) is 4.52 Å². The lowest BCUT2D eigenvalue weighted by Crippen LogP contribution is -2.19. The molecule has 0 fully saturated rings.